The van der Waals surface area contributed by atoms with Crippen LogP contribution in [-0.4, -0.2) is 45.7 Å². The van der Waals surface area contributed by atoms with Gasteiger partial charge in [-0.3, -0.25) is 30.1 Å². The van der Waals surface area contributed by atoms with Crippen molar-refractivity contribution in [3.8, 4) is 0 Å². The Morgan fingerprint density at radius 3 is 2.50 bits per heavy atom. The minimum atomic E-state index is -1.08. The lowest BCUT2D eigenvalue weighted by Gasteiger charge is -2.21. The van der Waals surface area contributed by atoms with Gasteiger partial charge in [0.2, 0.25) is 0 Å². The molecule has 146 valence electrons. The number of hydrazine groups is 1. The molecule has 0 aliphatic carbocycles. The Balaban J connectivity index is 1.54. The van der Waals surface area contributed by atoms with Gasteiger partial charge in [-0.15, -0.1) is 0 Å². The molecule has 0 radical (unpaired) electrons. The maximum atomic E-state index is 12.7. The van der Waals surface area contributed by atoms with Crippen LogP contribution in [0.2, 0.25) is 0 Å². The van der Waals surface area contributed by atoms with Crippen molar-refractivity contribution in [1.29, 1.82) is 0 Å². The highest BCUT2D eigenvalue weighted by Crippen LogP contribution is 2.23. The van der Waals surface area contributed by atoms with Crippen molar-refractivity contribution in [3.05, 3.63) is 59.9 Å². The molecule has 1 aliphatic rings. The van der Waals surface area contributed by atoms with E-state index < -0.39 is 35.8 Å². The maximum Gasteiger partial charge on any atom is 0.325 e. The summed E-state index contributed by atoms with van der Waals surface area (Å²) in [5, 5.41) is 2.66. The Labute approximate surface area is 161 Å². The van der Waals surface area contributed by atoms with Crippen molar-refractivity contribution in [2.24, 2.45) is 0 Å². The summed E-state index contributed by atoms with van der Waals surface area (Å²) in [6.45, 7) is 1.15. The maximum absolute atomic E-state index is 12.7. The van der Waals surface area contributed by atoms with Gasteiger partial charge >= 0.3 is 6.03 Å². The first-order valence-corrected chi connectivity index (χ1v) is 8.80. The molecule has 9 nitrogen and oxygen atoms in total. The third-order valence-corrected chi connectivity index (χ3v) is 4.56. The van der Waals surface area contributed by atoms with Crippen molar-refractivity contribution in [1.82, 2.24) is 26.1 Å². The molecule has 4 N–H and O–H groups in total. The molecule has 0 bridgehead atoms. The summed E-state index contributed by atoms with van der Waals surface area (Å²) >= 11 is 0. The lowest BCUT2D eigenvalue weighted by atomic mass is 9.93. The average Bonchev–Trinajstić information content (AvgIpc) is 3.29. The van der Waals surface area contributed by atoms with E-state index in [9.17, 15) is 19.2 Å². The summed E-state index contributed by atoms with van der Waals surface area (Å²) < 4.78 is 0. The number of rotatable bonds is 6. The summed E-state index contributed by atoms with van der Waals surface area (Å²) in [4.78, 5) is 52.3. The molecule has 2 heterocycles. The zero-order valence-electron chi connectivity index (χ0n) is 15.3. The quantitative estimate of drug-likeness (QED) is 0.433. The lowest BCUT2D eigenvalue weighted by Crippen LogP contribution is -2.49. The number of amides is 5. The average molecular weight is 383 g/mol. The van der Waals surface area contributed by atoms with Gasteiger partial charge in [-0.2, -0.15) is 0 Å². The number of carbonyl (C=O) groups excluding carboxylic acids is 4. The van der Waals surface area contributed by atoms with E-state index in [-0.39, 0.29) is 5.69 Å². The highest BCUT2D eigenvalue weighted by Gasteiger charge is 2.47. The van der Waals surface area contributed by atoms with Gasteiger partial charge in [0.1, 0.15) is 17.8 Å². The number of aromatic amines is 1. The number of H-pyrrole nitrogens is 1. The number of aromatic nitrogens is 1. The Morgan fingerprint density at radius 2 is 1.82 bits per heavy atom. The van der Waals surface area contributed by atoms with Gasteiger partial charge in [0.05, 0.1) is 0 Å². The van der Waals surface area contributed by atoms with Crippen LogP contribution in [0.4, 0.5) is 4.79 Å². The Morgan fingerprint density at radius 1 is 1.07 bits per heavy atom. The predicted molar refractivity (Wildman–Crippen MR) is 99.8 cm³/mol. The molecular weight excluding hydrogens is 362 g/mol. The van der Waals surface area contributed by atoms with Gasteiger partial charge in [0.25, 0.3) is 17.7 Å². The fourth-order valence-corrected chi connectivity index (χ4v) is 2.95. The largest absolute Gasteiger partial charge is 0.357 e. The molecule has 2 aromatic rings. The molecule has 0 saturated carbocycles. The molecular formula is C19H21N5O4. The molecule has 0 spiro atoms. The molecule has 1 atom stereocenters. The standard InChI is InChI=1S/C19H21N5O4/c1-19(10-9-13-6-3-2-4-7-13)17(27)24(18(28)21-19)12-15(25)22-23-16(26)14-8-5-11-20-14/h2-8,11,20H,9-10,12H2,1H3,(H,21,28)(H,22,25)(H,23,26)/t19-/m1/s1. The van der Waals surface area contributed by atoms with Crippen molar-refractivity contribution in [2.45, 2.75) is 25.3 Å². The van der Waals surface area contributed by atoms with E-state index in [0.717, 1.165) is 10.5 Å². The zero-order valence-corrected chi connectivity index (χ0v) is 15.3. The molecule has 28 heavy (non-hydrogen) atoms. The molecule has 1 saturated heterocycles. The third-order valence-electron chi connectivity index (χ3n) is 4.56. The van der Waals surface area contributed by atoms with E-state index >= 15 is 0 Å². The fourth-order valence-electron chi connectivity index (χ4n) is 2.95. The van der Waals surface area contributed by atoms with Crippen molar-refractivity contribution < 1.29 is 19.2 Å². The molecule has 3 rings (SSSR count). The van der Waals surface area contributed by atoms with Crippen LogP contribution in [0.15, 0.2) is 48.7 Å². The van der Waals surface area contributed by atoms with E-state index in [1.807, 2.05) is 30.3 Å². The van der Waals surface area contributed by atoms with E-state index in [1.165, 1.54) is 6.07 Å². The number of nitrogens with zero attached hydrogens (tertiary/aromatic N) is 1. The number of aryl methyl sites for hydroxylation is 1. The summed E-state index contributed by atoms with van der Waals surface area (Å²) in [5.41, 5.74) is 4.64. The normalized spacial score (nSPS) is 18.7. The highest BCUT2D eigenvalue weighted by atomic mass is 16.2. The summed E-state index contributed by atoms with van der Waals surface area (Å²) in [6.07, 6.45) is 2.58. The van der Waals surface area contributed by atoms with Gasteiger partial charge in [-0.1, -0.05) is 30.3 Å². The summed E-state index contributed by atoms with van der Waals surface area (Å²) in [6, 6.07) is 12.2. The van der Waals surface area contributed by atoms with Gasteiger partial charge in [0.15, 0.2) is 0 Å². The number of hydrogen-bond acceptors (Lipinski definition) is 4. The van der Waals surface area contributed by atoms with Crippen molar-refractivity contribution in [3.63, 3.8) is 0 Å². The number of imide groups is 1. The van der Waals surface area contributed by atoms with Crippen molar-refractivity contribution in [2.75, 3.05) is 6.54 Å². The van der Waals surface area contributed by atoms with Gasteiger partial charge < -0.3 is 10.3 Å². The van der Waals surface area contributed by atoms with Gasteiger partial charge in [-0.05, 0) is 37.5 Å². The molecule has 9 heteroatoms. The first-order chi connectivity index (χ1) is 13.4. The molecule has 1 aliphatic heterocycles. The molecule has 5 amide bonds. The van der Waals surface area contributed by atoms with E-state index in [4.69, 9.17) is 0 Å². The topological polar surface area (TPSA) is 123 Å². The molecule has 1 aromatic heterocycles. The lowest BCUT2D eigenvalue weighted by molar-refractivity contribution is -0.134. The van der Waals surface area contributed by atoms with Crippen molar-refractivity contribution >= 4 is 23.8 Å². The van der Waals surface area contributed by atoms with Gasteiger partial charge in [0, 0.05) is 6.20 Å². The SMILES string of the molecule is C[C@]1(CCc2ccccc2)NC(=O)N(CC(=O)NNC(=O)c2ccc[nH]2)C1=O. The monoisotopic (exact) mass is 383 g/mol. The van der Waals surface area contributed by atoms with Crippen LogP contribution < -0.4 is 16.2 Å². The predicted octanol–water partition coefficient (Wildman–Crippen LogP) is 0.719. The van der Waals surface area contributed by atoms with E-state index in [0.29, 0.717) is 12.8 Å². The molecule has 1 aromatic carbocycles. The second-order valence-corrected chi connectivity index (χ2v) is 6.73. The number of carbonyl (C=O) groups is 4. The van der Waals surface area contributed by atoms with Crippen LogP contribution >= 0.6 is 0 Å². The summed E-state index contributed by atoms with van der Waals surface area (Å²) in [7, 11) is 0. The van der Waals surface area contributed by atoms with E-state index in [1.54, 1.807) is 19.2 Å². The number of urea groups is 1. The van der Waals surface area contributed by atoms with E-state index in [2.05, 4.69) is 21.2 Å². The first kappa shape index (κ1) is 19.2. The number of benzene rings is 1. The van der Waals surface area contributed by atoms with Crippen LogP contribution in [0.1, 0.15) is 29.4 Å². The molecule has 1 fully saturated rings. The Hall–Kier alpha value is -3.62. The second-order valence-electron chi connectivity index (χ2n) is 6.73. The minimum absolute atomic E-state index is 0.267. The van der Waals surface area contributed by atoms with Gasteiger partial charge in [-0.25, -0.2) is 4.79 Å². The second kappa shape index (κ2) is 7.95. The van der Waals surface area contributed by atoms with Crippen LogP contribution in [0.5, 0.6) is 0 Å². The van der Waals surface area contributed by atoms with Crippen LogP contribution in [0, 0.1) is 0 Å². The third kappa shape index (κ3) is 4.20. The Bertz CT molecular complexity index is 881. The fraction of sp³-hybridized carbons (Fsp3) is 0.263. The minimum Gasteiger partial charge on any atom is -0.357 e. The smallest absolute Gasteiger partial charge is 0.325 e. The highest BCUT2D eigenvalue weighted by molar-refractivity contribution is 6.08. The Kier molecular flexibility index (Phi) is 5.44. The molecule has 0 unspecified atom stereocenters. The van der Waals surface area contributed by atoms with Crippen LogP contribution in [0.3, 0.4) is 0 Å². The van der Waals surface area contributed by atoms with Crippen LogP contribution in [0.25, 0.3) is 0 Å². The first-order valence-electron chi connectivity index (χ1n) is 8.80. The van der Waals surface area contributed by atoms with Crippen LogP contribution in [-0.2, 0) is 16.0 Å². The zero-order chi connectivity index (χ0) is 20.1. The number of nitrogens with one attached hydrogen (secondary N) is 4. The summed E-state index contributed by atoms with van der Waals surface area (Å²) in [5.74, 6) is -1.70. The number of hydrogen-bond donors (Lipinski definition) is 4.